The second-order valence-electron chi connectivity index (χ2n) is 4.05. The van der Waals surface area contributed by atoms with Crippen molar-refractivity contribution in [1.82, 2.24) is 9.88 Å². The lowest BCUT2D eigenvalue weighted by Gasteiger charge is -2.18. The molecule has 0 aliphatic heterocycles. The largest absolute Gasteiger partial charge is 0.390 e. The summed E-state index contributed by atoms with van der Waals surface area (Å²) >= 11 is 0. The highest BCUT2D eigenvalue weighted by Crippen LogP contribution is 2.20. The Morgan fingerprint density at radius 3 is 2.74 bits per heavy atom. The van der Waals surface area contributed by atoms with Gasteiger partial charge in [-0.3, -0.25) is 9.78 Å². The second-order valence-corrected chi connectivity index (χ2v) is 4.05. The molecule has 0 aliphatic carbocycles. The summed E-state index contributed by atoms with van der Waals surface area (Å²) in [4.78, 5) is 16.8. The maximum absolute atomic E-state index is 12.1. The van der Waals surface area contributed by atoms with Crippen molar-refractivity contribution in [2.24, 2.45) is 0 Å². The van der Waals surface area contributed by atoms with Crippen LogP contribution >= 0.6 is 0 Å². The molecule has 0 saturated carbocycles. The fourth-order valence-electron chi connectivity index (χ4n) is 1.45. The molecule has 0 aromatic carbocycles. The number of halogens is 3. The van der Waals surface area contributed by atoms with E-state index < -0.39 is 18.5 Å². The lowest BCUT2D eigenvalue weighted by Crippen LogP contribution is -2.31. The number of aromatic nitrogens is 1. The van der Waals surface area contributed by atoms with Crippen LogP contribution < -0.4 is 5.32 Å². The molecule has 0 atom stereocenters. The summed E-state index contributed by atoms with van der Waals surface area (Å²) in [5, 5.41) is 3.01. The number of nitrogens with one attached hydrogen (secondary N) is 1. The molecule has 0 saturated heterocycles. The number of pyridine rings is 1. The summed E-state index contributed by atoms with van der Waals surface area (Å²) in [7, 11) is 1.33. The third-order valence-corrected chi connectivity index (χ3v) is 2.44. The molecule has 0 radical (unpaired) electrons. The van der Waals surface area contributed by atoms with E-state index in [1.165, 1.54) is 19.3 Å². The van der Waals surface area contributed by atoms with Gasteiger partial charge in [-0.15, -0.1) is 0 Å². The van der Waals surface area contributed by atoms with Crippen LogP contribution in [0.1, 0.15) is 23.8 Å². The molecule has 0 aliphatic rings. The zero-order valence-electron chi connectivity index (χ0n) is 10.8. The number of carbonyl (C=O) groups is 1. The van der Waals surface area contributed by atoms with Crippen molar-refractivity contribution >= 4 is 11.6 Å². The van der Waals surface area contributed by atoms with Crippen molar-refractivity contribution in [3.63, 3.8) is 0 Å². The fourth-order valence-corrected chi connectivity index (χ4v) is 1.45. The van der Waals surface area contributed by atoms with Gasteiger partial charge < -0.3 is 10.2 Å². The summed E-state index contributed by atoms with van der Waals surface area (Å²) < 4.78 is 36.2. The molecule has 0 fully saturated rings. The molecule has 1 heterocycles. The lowest BCUT2D eigenvalue weighted by molar-refractivity contribution is -0.136. The Morgan fingerprint density at radius 2 is 2.16 bits per heavy atom. The van der Waals surface area contributed by atoms with Crippen LogP contribution in [0.3, 0.4) is 0 Å². The molecule has 0 bridgehead atoms. The summed E-state index contributed by atoms with van der Waals surface area (Å²) in [5.74, 6) is -0.524. The predicted molar refractivity (Wildman–Crippen MR) is 66.0 cm³/mol. The smallest absolute Gasteiger partial charge is 0.385 e. The third-order valence-electron chi connectivity index (χ3n) is 2.44. The summed E-state index contributed by atoms with van der Waals surface area (Å²) in [5.41, 5.74) is 0.841. The first-order valence-electron chi connectivity index (χ1n) is 5.85. The highest BCUT2D eigenvalue weighted by molar-refractivity contribution is 5.92. The molecular formula is C12H16F3N3O. The monoisotopic (exact) mass is 275 g/mol. The van der Waals surface area contributed by atoms with Crippen molar-refractivity contribution in [2.75, 3.05) is 25.5 Å². The van der Waals surface area contributed by atoms with Gasteiger partial charge in [-0.05, 0) is 19.1 Å². The Morgan fingerprint density at radius 1 is 1.47 bits per heavy atom. The van der Waals surface area contributed by atoms with E-state index in [0.29, 0.717) is 12.2 Å². The zero-order chi connectivity index (χ0) is 14.5. The average molecular weight is 275 g/mol. The van der Waals surface area contributed by atoms with E-state index in [4.69, 9.17) is 0 Å². The first-order chi connectivity index (χ1) is 8.83. The molecule has 1 rings (SSSR count). The number of carbonyl (C=O) groups excluding carboxylic acids is 1. The summed E-state index contributed by atoms with van der Waals surface area (Å²) in [6, 6.07) is 3.21. The molecule has 1 aromatic rings. The normalized spacial score (nSPS) is 11.2. The van der Waals surface area contributed by atoms with E-state index in [0.717, 1.165) is 4.90 Å². The van der Waals surface area contributed by atoms with E-state index in [9.17, 15) is 18.0 Å². The lowest BCUT2D eigenvalue weighted by atomic mass is 10.2. The number of hydrogen-bond donors (Lipinski definition) is 1. The highest BCUT2D eigenvalue weighted by Gasteiger charge is 2.28. The van der Waals surface area contributed by atoms with Gasteiger partial charge in [0, 0.05) is 32.0 Å². The topological polar surface area (TPSA) is 45.2 Å². The number of amides is 1. The minimum atomic E-state index is -4.27. The van der Waals surface area contributed by atoms with E-state index in [2.05, 4.69) is 10.3 Å². The minimum absolute atomic E-state index is 0.128. The van der Waals surface area contributed by atoms with Gasteiger partial charge in [0.1, 0.15) is 5.69 Å². The van der Waals surface area contributed by atoms with Crippen LogP contribution in [0, 0.1) is 0 Å². The second kappa shape index (κ2) is 6.40. The Labute approximate surface area is 109 Å². The molecule has 1 aromatic heterocycles. The van der Waals surface area contributed by atoms with Gasteiger partial charge in [0.15, 0.2) is 0 Å². The van der Waals surface area contributed by atoms with Gasteiger partial charge in [0.25, 0.3) is 5.91 Å². The molecular weight excluding hydrogens is 259 g/mol. The number of rotatable bonds is 5. The Balaban J connectivity index is 2.68. The first kappa shape index (κ1) is 15.3. The van der Waals surface area contributed by atoms with Gasteiger partial charge in [-0.1, -0.05) is 0 Å². The molecule has 19 heavy (non-hydrogen) atoms. The van der Waals surface area contributed by atoms with Crippen molar-refractivity contribution in [3.8, 4) is 0 Å². The van der Waals surface area contributed by atoms with E-state index in [1.807, 2.05) is 6.92 Å². The van der Waals surface area contributed by atoms with Crippen LogP contribution in [0.4, 0.5) is 18.9 Å². The van der Waals surface area contributed by atoms with Crippen LogP contribution in [0.25, 0.3) is 0 Å². The van der Waals surface area contributed by atoms with Gasteiger partial charge >= 0.3 is 6.18 Å². The minimum Gasteiger partial charge on any atom is -0.385 e. The van der Waals surface area contributed by atoms with Crippen molar-refractivity contribution in [3.05, 3.63) is 24.0 Å². The van der Waals surface area contributed by atoms with Gasteiger partial charge in [-0.25, -0.2) is 0 Å². The van der Waals surface area contributed by atoms with E-state index >= 15 is 0 Å². The molecule has 4 nitrogen and oxygen atoms in total. The molecule has 1 N–H and O–H groups in total. The number of alkyl halides is 3. The Hall–Kier alpha value is -1.79. The molecule has 106 valence electrons. The third kappa shape index (κ3) is 5.15. The SMILES string of the molecule is CCNc1ccnc(C(=O)N(C)CCC(F)(F)F)c1. The molecule has 0 spiro atoms. The van der Waals surface area contributed by atoms with E-state index in [1.54, 1.807) is 6.07 Å². The predicted octanol–water partition coefficient (Wildman–Crippen LogP) is 2.54. The van der Waals surface area contributed by atoms with Crippen LogP contribution in [-0.2, 0) is 0 Å². The quantitative estimate of drug-likeness (QED) is 0.898. The van der Waals surface area contributed by atoms with Crippen LogP contribution in [0.2, 0.25) is 0 Å². The standard InChI is InChI=1S/C12H16F3N3O/c1-3-16-9-4-6-17-10(8-9)11(19)18(2)7-5-12(13,14)15/h4,6,8H,3,5,7H2,1-2H3,(H,16,17). The van der Waals surface area contributed by atoms with Crippen LogP contribution in [0.15, 0.2) is 18.3 Å². The number of hydrogen-bond acceptors (Lipinski definition) is 3. The maximum atomic E-state index is 12.1. The van der Waals surface area contributed by atoms with Crippen LogP contribution in [0.5, 0.6) is 0 Å². The van der Waals surface area contributed by atoms with Crippen molar-refractivity contribution < 1.29 is 18.0 Å². The molecule has 7 heteroatoms. The maximum Gasteiger partial charge on any atom is 0.390 e. The number of anilines is 1. The number of nitrogens with zero attached hydrogens (tertiary/aromatic N) is 2. The van der Waals surface area contributed by atoms with Crippen LogP contribution in [-0.4, -0.2) is 42.1 Å². The molecule has 0 unspecified atom stereocenters. The fraction of sp³-hybridized carbons (Fsp3) is 0.500. The summed E-state index contributed by atoms with van der Waals surface area (Å²) in [6.07, 6.45) is -3.85. The van der Waals surface area contributed by atoms with E-state index in [-0.39, 0.29) is 12.2 Å². The summed E-state index contributed by atoms with van der Waals surface area (Å²) in [6.45, 7) is 2.20. The van der Waals surface area contributed by atoms with Crippen molar-refractivity contribution in [1.29, 1.82) is 0 Å². The Kier molecular flexibility index (Phi) is 5.14. The average Bonchev–Trinajstić information content (AvgIpc) is 2.35. The van der Waals surface area contributed by atoms with Crippen molar-refractivity contribution in [2.45, 2.75) is 19.5 Å². The highest BCUT2D eigenvalue weighted by atomic mass is 19.4. The van der Waals surface area contributed by atoms with Gasteiger partial charge in [0.2, 0.25) is 0 Å². The Bertz CT molecular complexity index is 434. The van der Waals surface area contributed by atoms with Gasteiger partial charge in [-0.2, -0.15) is 13.2 Å². The zero-order valence-corrected chi connectivity index (χ0v) is 10.8. The molecule has 1 amide bonds. The first-order valence-corrected chi connectivity index (χ1v) is 5.85. The van der Waals surface area contributed by atoms with Gasteiger partial charge in [0.05, 0.1) is 6.42 Å².